The second-order valence-electron chi connectivity index (χ2n) is 13.0. The first-order valence-corrected chi connectivity index (χ1v) is 13.8. The molecule has 0 saturated heterocycles. The predicted molar refractivity (Wildman–Crippen MR) is 131 cm³/mol. The minimum absolute atomic E-state index is 0.0257. The van der Waals surface area contributed by atoms with Crippen LogP contribution >= 0.6 is 0 Å². The van der Waals surface area contributed by atoms with Gasteiger partial charge in [0.1, 0.15) is 6.10 Å². The molecule has 10 atom stereocenters. The van der Waals surface area contributed by atoms with Gasteiger partial charge in [0.15, 0.2) is 0 Å². The molecule has 0 radical (unpaired) electrons. The Morgan fingerprint density at radius 2 is 1.76 bits per heavy atom. The Bertz CT molecular complexity index is 770. The van der Waals surface area contributed by atoms with Crippen LogP contribution in [0.15, 0.2) is 0 Å². The summed E-state index contributed by atoms with van der Waals surface area (Å²) in [5.41, 5.74) is 0.0808. The van der Waals surface area contributed by atoms with E-state index in [9.17, 15) is 19.8 Å². The molecule has 3 N–H and O–H groups in total. The van der Waals surface area contributed by atoms with E-state index in [-0.39, 0.29) is 41.6 Å². The number of carbonyl (C=O) groups excluding carboxylic acids is 1. The fraction of sp³-hybridized carbons (Fsp3) is 0.929. The Morgan fingerprint density at radius 1 is 1.03 bits per heavy atom. The molecule has 4 rings (SSSR count). The normalized spacial score (nSPS) is 44.5. The van der Waals surface area contributed by atoms with E-state index in [0.717, 1.165) is 38.5 Å². The van der Waals surface area contributed by atoms with Gasteiger partial charge in [0.25, 0.3) is 0 Å². The van der Waals surface area contributed by atoms with Crippen molar-refractivity contribution >= 4 is 12.1 Å². The summed E-state index contributed by atoms with van der Waals surface area (Å²) in [6.07, 6.45) is 8.63. The van der Waals surface area contributed by atoms with Crippen molar-refractivity contribution in [3.05, 3.63) is 0 Å². The lowest BCUT2D eigenvalue weighted by Gasteiger charge is -2.62. The van der Waals surface area contributed by atoms with Crippen LogP contribution in [0.3, 0.4) is 0 Å². The summed E-state index contributed by atoms with van der Waals surface area (Å²) < 4.78 is 6.30. The van der Waals surface area contributed by atoms with Gasteiger partial charge in [-0.3, -0.25) is 4.79 Å². The van der Waals surface area contributed by atoms with Crippen molar-refractivity contribution in [3.8, 4) is 0 Å². The largest absolute Gasteiger partial charge is 0.481 e. The number of fused-ring (bicyclic) bond motifs is 5. The first-order chi connectivity index (χ1) is 16.0. The third-order valence-electron chi connectivity index (χ3n) is 10.9. The van der Waals surface area contributed by atoms with Crippen molar-refractivity contribution in [2.45, 2.75) is 117 Å². The minimum Gasteiger partial charge on any atom is -0.481 e. The van der Waals surface area contributed by atoms with Crippen molar-refractivity contribution in [1.82, 2.24) is 5.32 Å². The number of hydrogen-bond acceptors (Lipinski definition) is 4. The number of rotatable bonds is 6. The number of carboxylic acid groups (broad SMARTS) is 1. The van der Waals surface area contributed by atoms with E-state index < -0.39 is 5.97 Å². The minimum atomic E-state index is -0.731. The molecule has 0 aromatic carbocycles. The Balaban J connectivity index is 1.64. The van der Waals surface area contributed by atoms with Crippen molar-refractivity contribution in [2.24, 2.45) is 46.3 Å². The van der Waals surface area contributed by atoms with E-state index in [1.165, 1.54) is 12.8 Å². The van der Waals surface area contributed by atoms with Crippen LogP contribution in [0, 0.1) is 46.3 Å². The number of amides is 1. The summed E-state index contributed by atoms with van der Waals surface area (Å²) in [4.78, 5) is 24.1. The van der Waals surface area contributed by atoms with Gasteiger partial charge in [-0.15, -0.1) is 0 Å². The molecule has 1 amide bonds. The Hall–Kier alpha value is -1.30. The summed E-state index contributed by atoms with van der Waals surface area (Å²) in [7, 11) is 0. The topological polar surface area (TPSA) is 95.9 Å². The van der Waals surface area contributed by atoms with Crippen LogP contribution in [-0.4, -0.2) is 40.5 Å². The van der Waals surface area contributed by atoms with Gasteiger partial charge in [0, 0.05) is 17.9 Å². The van der Waals surface area contributed by atoms with Crippen molar-refractivity contribution < 1.29 is 24.5 Å². The fourth-order valence-corrected chi connectivity index (χ4v) is 9.26. The predicted octanol–water partition coefficient (Wildman–Crippen LogP) is 5.62. The average Bonchev–Trinajstić information content (AvgIpc) is 3.11. The molecule has 0 heterocycles. The van der Waals surface area contributed by atoms with E-state index in [1.54, 1.807) is 0 Å². The van der Waals surface area contributed by atoms with E-state index in [0.29, 0.717) is 41.9 Å². The van der Waals surface area contributed by atoms with Gasteiger partial charge in [0.05, 0.1) is 6.10 Å². The van der Waals surface area contributed by atoms with Gasteiger partial charge in [-0.1, -0.05) is 20.8 Å². The van der Waals surface area contributed by atoms with Gasteiger partial charge in [-0.25, -0.2) is 4.79 Å². The van der Waals surface area contributed by atoms with Gasteiger partial charge in [0.2, 0.25) is 0 Å². The highest BCUT2D eigenvalue weighted by atomic mass is 16.6. The number of nitrogens with one attached hydrogen (secondary N) is 1. The fourth-order valence-electron chi connectivity index (χ4n) is 9.26. The molecule has 0 aromatic rings. The summed E-state index contributed by atoms with van der Waals surface area (Å²) in [6.45, 7) is 10.9. The molecule has 4 saturated carbocycles. The third kappa shape index (κ3) is 4.49. The van der Waals surface area contributed by atoms with Crippen LogP contribution in [0.2, 0.25) is 0 Å². The molecular formula is C28H47NO5. The summed E-state index contributed by atoms with van der Waals surface area (Å²) in [5, 5.41) is 22.6. The molecule has 4 fully saturated rings. The van der Waals surface area contributed by atoms with Gasteiger partial charge >= 0.3 is 12.1 Å². The zero-order valence-electron chi connectivity index (χ0n) is 21.9. The lowest BCUT2D eigenvalue weighted by Crippen LogP contribution is -2.60. The first-order valence-electron chi connectivity index (χ1n) is 13.8. The lowest BCUT2D eigenvalue weighted by molar-refractivity contribution is -0.175. The highest BCUT2D eigenvalue weighted by molar-refractivity contribution is 5.68. The van der Waals surface area contributed by atoms with Crippen molar-refractivity contribution in [2.75, 3.05) is 0 Å². The molecule has 4 aliphatic carbocycles. The SMILES string of the molecule is CC(C)NC(=O)O[C@H]1C[C@H]2[C@@H](CC[C@@H]3C[C@H](O)CC[C@@]32C)[C@@H]2CC[C@H]([C@H](C)CCC(=O)O)[C@@]12C. The monoisotopic (exact) mass is 477 g/mol. The highest BCUT2D eigenvalue weighted by Gasteiger charge is 2.65. The molecule has 0 bridgehead atoms. The summed E-state index contributed by atoms with van der Waals surface area (Å²) in [6, 6.07) is 0.0257. The van der Waals surface area contributed by atoms with Gasteiger partial charge < -0.3 is 20.3 Å². The summed E-state index contributed by atoms with van der Waals surface area (Å²) in [5.74, 6) is 2.13. The van der Waals surface area contributed by atoms with Crippen LogP contribution in [0.4, 0.5) is 4.79 Å². The lowest BCUT2D eigenvalue weighted by atomic mass is 9.43. The number of aliphatic hydroxyl groups is 1. The van der Waals surface area contributed by atoms with E-state index in [1.807, 2.05) is 13.8 Å². The van der Waals surface area contributed by atoms with Crippen molar-refractivity contribution in [1.29, 1.82) is 0 Å². The van der Waals surface area contributed by atoms with E-state index in [4.69, 9.17) is 4.74 Å². The number of aliphatic carboxylic acids is 1. The molecule has 0 aromatic heterocycles. The first kappa shape index (κ1) is 25.8. The molecule has 34 heavy (non-hydrogen) atoms. The molecule has 194 valence electrons. The Labute approximate surface area is 205 Å². The standard InChI is InChI=1S/C28H47NO5/c1-16(2)29-26(33)34-24-15-23-20(8-7-18-14-19(30)12-13-27(18,23)4)22-10-9-21(28(22,24)5)17(3)6-11-25(31)32/h16-24,30H,6-15H2,1-5H3,(H,29,33)(H,31,32)/t17-,18-,19-,20+,21-,22+,23+,24+,27+,28-/m1/s1. The zero-order valence-corrected chi connectivity index (χ0v) is 21.9. The van der Waals surface area contributed by atoms with Crippen LogP contribution in [0.5, 0.6) is 0 Å². The van der Waals surface area contributed by atoms with Crippen molar-refractivity contribution in [3.63, 3.8) is 0 Å². The molecule has 0 unspecified atom stereocenters. The second-order valence-corrected chi connectivity index (χ2v) is 13.0. The molecular weight excluding hydrogens is 430 g/mol. The third-order valence-corrected chi connectivity index (χ3v) is 10.9. The van der Waals surface area contributed by atoms with E-state index >= 15 is 0 Å². The molecule has 6 heteroatoms. The molecule has 4 aliphatic rings. The van der Waals surface area contributed by atoms with E-state index in [2.05, 4.69) is 26.1 Å². The Kier molecular flexibility index (Phi) is 7.30. The maximum atomic E-state index is 12.9. The van der Waals surface area contributed by atoms with Crippen LogP contribution in [0.25, 0.3) is 0 Å². The quantitative estimate of drug-likeness (QED) is 0.461. The average molecular weight is 478 g/mol. The molecule has 6 nitrogen and oxygen atoms in total. The van der Waals surface area contributed by atoms with Crippen LogP contribution < -0.4 is 5.32 Å². The number of hydrogen-bond donors (Lipinski definition) is 3. The maximum Gasteiger partial charge on any atom is 0.407 e. The van der Waals surface area contributed by atoms with Crippen LogP contribution in [-0.2, 0) is 9.53 Å². The Morgan fingerprint density at radius 3 is 2.44 bits per heavy atom. The molecule has 0 spiro atoms. The van der Waals surface area contributed by atoms with Gasteiger partial charge in [-0.05, 0) is 113 Å². The molecule has 0 aliphatic heterocycles. The maximum absolute atomic E-state index is 12.9. The number of alkyl carbamates (subject to hydrolysis) is 1. The van der Waals surface area contributed by atoms with Crippen LogP contribution in [0.1, 0.15) is 98.8 Å². The second kappa shape index (κ2) is 9.63. The summed E-state index contributed by atoms with van der Waals surface area (Å²) >= 11 is 0. The zero-order chi connectivity index (χ0) is 24.8. The number of carboxylic acids is 1. The smallest absolute Gasteiger partial charge is 0.407 e. The number of aliphatic hydroxyl groups excluding tert-OH is 1. The number of carbonyl (C=O) groups is 2. The number of ether oxygens (including phenoxy) is 1. The van der Waals surface area contributed by atoms with Gasteiger partial charge in [-0.2, -0.15) is 0 Å². The highest BCUT2D eigenvalue weighted by Crippen LogP contribution is 2.68.